The highest BCUT2D eigenvalue weighted by molar-refractivity contribution is 6.31. The van der Waals surface area contributed by atoms with Gasteiger partial charge in [-0.2, -0.15) is 13.2 Å². The molecule has 1 atom stereocenters. The lowest BCUT2D eigenvalue weighted by molar-refractivity contribution is -0.170. The summed E-state index contributed by atoms with van der Waals surface area (Å²) in [5, 5.41) is 0.590. The molecule has 3 rings (SSSR count). The van der Waals surface area contributed by atoms with Crippen LogP contribution in [0.4, 0.5) is 13.2 Å². The van der Waals surface area contributed by atoms with Crippen LogP contribution in [0, 0.1) is 6.92 Å². The largest absolute Gasteiger partial charge is 0.490 e. The summed E-state index contributed by atoms with van der Waals surface area (Å²) in [7, 11) is 0. The number of rotatable bonds is 7. The summed E-state index contributed by atoms with van der Waals surface area (Å²) < 4.78 is 49.8. The number of piperidine rings is 1. The first-order valence-electron chi connectivity index (χ1n) is 11.2. The van der Waals surface area contributed by atoms with Gasteiger partial charge >= 0.3 is 6.18 Å². The van der Waals surface area contributed by atoms with Gasteiger partial charge < -0.3 is 19.3 Å². The van der Waals surface area contributed by atoms with E-state index in [9.17, 15) is 22.8 Å². The van der Waals surface area contributed by atoms with Gasteiger partial charge in [0.05, 0.1) is 26.0 Å². The van der Waals surface area contributed by atoms with Gasteiger partial charge in [0.1, 0.15) is 18.0 Å². The van der Waals surface area contributed by atoms with Crippen LogP contribution in [0.25, 0.3) is 0 Å². The van der Waals surface area contributed by atoms with Gasteiger partial charge in [-0.1, -0.05) is 11.6 Å². The molecule has 0 spiro atoms. The minimum atomic E-state index is -4.40. The molecule has 2 fully saturated rings. The van der Waals surface area contributed by atoms with Gasteiger partial charge in [0.15, 0.2) is 0 Å². The molecule has 0 radical (unpaired) electrons. The van der Waals surface area contributed by atoms with E-state index in [0.29, 0.717) is 23.9 Å². The van der Waals surface area contributed by atoms with E-state index in [1.807, 2.05) is 6.92 Å². The van der Waals surface area contributed by atoms with Crippen LogP contribution in [0.5, 0.6) is 5.75 Å². The van der Waals surface area contributed by atoms with Crippen molar-refractivity contribution < 1.29 is 32.2 Å². The standard InChI is InChI=1S/C23H30ClF3N2O4/c1-17-13-18(5-6-19(17)24)32-16-22(14-21(31)28-9-3-2-4-10-28)15-29(11-12-33-22)20(30)7-8-23(25,26)27/h5-6,13H,2-4,7-12,14-16H2,1H3/t22-/m1/s1. The molecule has 6 nitrogen and oxygen atoms in total. The summed E-state index contributed by atoms with van der Waals surface area (Å²) in [5.41, 5.74) is -0.324. The lowest BCUT2D eigenvalue weighted by atomic mass is 9.95. The molecule has 0 N–H and O–H groups in total. The number of nitrogens with zero attached hydrogens (tertiary/aromatic N) is 2. The molecular formula is C23H30ClF3N2O4. The number of likely N-dealkylation sites (tertiary alicyclic amines) is 1. The second kappa shape index (κ2) is 11.0. The van der Waals surface area contributed by atoms with Crippen LogP contribution >= 0.6 is 11.6 Å². The predicted molar refractivity (Wildman–Crippen MR) is 117 cm³/mol. The number of carbonyl (C=O) groups is 2. The zero-order valence-corrected chi connectivity index (χ0v) is 19.5. The molecule has 184 valence electrons. The third-order valence-electron chi connectivity index (χ3n) is 6.04. The van der Waals surface area contributed by atoms with E-state index in [1.54, 1.807) is 23.1 Å². The summed E-state index contributed by atoms with van der Waals surface area (Å²) >= 11 is 6.07. The highest BCUT2D eigenvalue weighted by Crippen LogP contribution is 2.29. The van der Waals surface area contributed by atoms with Crippen LogP contribution in [0.15, 0.2) is 18.2 Å². The van der Waals surface area contributed by atoms with Crippen LogP contribution in [-0.2, 0) is 14.3 Å². The molecule has 1 aromatic rings. The average Bonchev–Trinajstić information content (AvgIpc) is 2.78. The fourth-order valence-corrected chi connectivity index (χ4v) is 4.28. The van der Waals surface area contributed by atoms with Gasteiger partial charge in [-0.3, -0.25) is 9.59 Å². The summed E-state index contributed by atoms with van der Waals surface area (Å²) in [4.78, 5) is 28.7. The summed E-state index contributed by atoms with van der Waals surface area (Å²) in [6.07, 6.45) is -3.28. The van der Waals surface area contributed by atoms with Crippen molar-refractivity contribution in [1.29, 1.82) is 0 Å². The van der Waals surface area contributed by atoms with E-state index in [1.165, 1.54) is 4.90 Å². The Bertz CT molecular complexity index is 845. The van der Waals surface area contributed by atoms with Crippen molar-refractivity contribution in [3.63, 3.8) is 0 Å². The second-order valence-corrected chi connectivity index (χ2v) is 9.19. The first-order valence-corrected chi connectivity index (χ1v) is 11.6. The minimum Gasteiger partial charge on any atom is -0.490 e. The summed E-state index contributed by atoms with van der Waals surface area (Å²) in [6, 6.07) is 5.16. The van der Waals surface area contributed by atoms with Crippen molar-refractivity contribution in [2.24, 2.45) is 0 Å². The molecule has 10 heteroatoms. The lowest BCUT2D eigenvalue weighted by Crippen LogP contribution is -2.58. The number of hydrogen-bond donors (Lipinski definition) is 0. The number of ether oxygens (including phenoxy) is 2. The molecule has 0 aliphatic carbocycles. The summed E-state index contributed by atoms with van der Waals surface area (Å²) in [6.45, 7) is 3.45. The first kappa shape index (κ1) is 25.6. The van der Waals surface area contributed by atoms with E-state index in [2.05, 4.69) is 0 Å². The number of amides is 2. The fourth-order valence-electron chi connectivity index (χ4n) is 4.16. The van der Waals surface area contributed by atoms with E-state index < -0.39 is 30.5 Å². The second-order valence-electron chi connectivity index (χ2n) is 8.78. The van der Waals surface area contributed by atoms with Crippen molar-refractivity contribution in [3.8, 4) is 5.75 Å². The fraction of sp³-hybridized carbons (Fsp3) is 0.652. The van der Waals surface area contributed by atoms with E-state index in [4.69, 9.17) is 21.1 Å². The van der Waals surface area contributed by atoms with Crippen LogP contribution in [0.2, 0.25) is 5.02 Å². The van der Waals surface area contributed by atoms with Crippen LogP contribution in [0.3, 0.4) is 0 Å². The van der Waals surface area contributed by atoms with Crippen molar-refractivity contribution in [2.45, 2.75) is 57.2 Å². The molecule has 1 aromatic carbocycles. The molecule has 2 aliphatic heterocycles. The van der Waals surface area contributed by atoms with Gasteiger partial charge in [0.2, 0.25) is 11.8 Å². The van der Waals surface area contributed by atoms with Crippen LogP contribution in [-0.4, -0.2) is 72.8 Å². The Morgan fingerprint density at radius 3 is 2.52 bits per heavy atom. The molecule has 33 heavy (non-hydrogen) atoms. The Hall–Kier alpha value is -2.00. The molecule has 0 aromatic heterocycles. The topological polar surface area (TPSA) is 59.1 Å². The Kier molecular flexibility index (Phi) is 8.50. The highest BCUT2D eigenvalue weighted by atomic mass is 35.5. The van der Waals surface area contributed by atoms with Crippen molar-refractivity contribution >= 4 is 23.4 Å². The number of halogens is 4. The minimum absolute atomic E-state index is 0.00412. The van der Waals surface area contributed by atoms with Crippen molar-refractivity contribution in [1.82, 2.24) is 9.80 Å². The molecular weight excluding hydrogens is 461 g/mol. The van der Waals surface area contributed by atoms with Gasteiger partial charge in [0.25, 0.3) is 0 Å². The molecule has 0 saturated carbocycles. The zero-order chi connectivity index (χ0) is 24.1. The maximum absolute atomic E-state index is 13.0. The Morgan fingerprint density at radius 2 is 1.85 bits per heavy atom. The number of carbonyl (C=O) groups excluding carboxylic acids is 2. The maximum atomic E-state index is 13.0. The van der Waals surface area contributed by atoms with Gasteiger partial charge in [0, 0.05) is 31.1 Å². The Morgan fingerprint density at radius 1 is 1.12 bits per heavy atom. The third kappa shape index (κ3) is 7.50. The molecule has 2 amide bonds. The van der Waals surface area contributed by atoms with Gasteiger partial charge in [-0.05, 0) is 49.9 Å². The normalized spacial score (nSPS) is 21.7. The van der Waals surface area contributed by atoms with Gasteiger partial charge in [-0.15, -0.1) is 0 Å². The lowest BCUT2D eigenvalue weighted by Gasteiger charge is -2.43. The van der Waals surface area contributed by atoms with Gasteiger partial charge in [-0.25, -0.2) is 0 Å². The molecule has 2 heterocycles. The van der Waals surface area contributed by atoms with Crippen molar-refractivity contribution in [2.75, 3.05) is 39.4 Å². The van der Waals surface area contributed by atoms with Crippen LogP contribution in [0.1, 0.15) is 44.1 Å². The van der Waals surface area contributed by atoms with E-state index in [0.717, 1.165) is 24.8 Å². The molecule has 2 aliphatic rings. The number of hydrogen-bond acceptors (Lipinski definition) is 4. The van der Waals surface area contributed by atoms with E-state index in [-0.39, 0.29) is 38.6 Å². The number of alkyl halides is 3. The summed E-state index contributed by atoms with van der Waals surface area (Å²) in [5.74, 6) is -0.172. The van der Waals surface area contributed by atoms with Crippen LogP contribution < -0.4 is 4.74 Å². The first-order chi connectivity index (χ1) is 15.6. The smallest absolute Gasteiger partial charge is 0.389 e. The van der Waals surface area contributed by atoms with E-state index >= 15 is 0 Å². The van der Waals surface area contributed by atoms with Crippen molar-refractivity contribution in [3.05, 3.63) is 28.8 Å². The number of aryl methyl sites for hydroxylation is 1. The Balaban J connectivity index is 1.74. The molecule has 0 bridgehead atoms. The SMILES string of the molecule is Cc1cc(OC[C@@]2(CC(=O)N3CCCCC3)CN(C(=O)CCC(F)(F)F)CCO2)ccc1Cl. The monoisotopic (exact) mass is 490 g/mol. The molecule has 2 saturated heterocycles. The number of benzene rings is 1. The highest BCUT2D eigenvalue weighted by Gasteiger charge is 2.42. The quantitative estimate of drug-likeness (QED) is 0.569. The third-order valence-corrected chi connectivity index (χ3v) is 6.46. The zero-order valence-electron chi connectivity index (χ0n) is 18.8. The average molecular weight is 491 g/mol. The maximum Gasteiger partial charge on any atom is 0.389 e. The Labute approximate surface area is 196 Å². The number of morpholine rings is 1. The molecule has 0 unspecified atom stereocenters. The predicted octanol–water partition coefficient (Wildman–Crippen LogP) is 4.37.